The molecule has 4 aromatic rings. The molecule has 0 amide bonds. The fourth-order valence-electron chi connectivity index (χ4n) is 3.50. The van der Waals surface area contributed by atoms with Crippen molar-refractivity contribution in [3.8, 4) is 0 Å². The SMILES string of the molecule is Clc1cccc(P(=Cc2ccccc2)(c2ccccc2)c2ccccc2)c1Cl.[Ru+2]. The molecule has 0 unspecified atom stereocenters. The van der Waals surface area contributed by atoms with E-state index in [1.807, 2.05) is 30.3 Å². The van der Waals surface area contributed by atoms with Gasteiger partial charge in [-0.3, -0.25) is 0 Å². The minimum atomic E-state index is -2.18. The van der Waals surface area contributed by atoms with E-state index in [1.54, 1.807) is 0 Å². The average Bonchev–Trinajstić information content (AvgIpc) is 2.76. The summed E-state index contributed by atoms with van der Waals surface area (Å²) in [5.41, 5.74) is 1.17. The fourth-order valence-corrected chi connectivity index (χ4v) is 8.21. The molecule has 0 spiro atoms. The minimum absolute atomic E-state index is 0. The van der Waals surface area contributed by atoms with Crippen LogP contribution >= 0.6 is 30.1 Å². The van der Waals surface area contributed by atoms with Crippen molar-refractivity contribution in [1.29, 1.82) is 0 Å². The van der Waals surface area contributed by atoms with E-state index < -0.39 is 6.89 Å². The van der Waals surface area contributed by atoms with Crippen molar-refractivity contribution in [2.24, 2.45) is 0 Å². The number of rotatable bonds is 4. The Hall–Kier alpha value is -1.62. The van der Waals surface area contributed by atoms with Gasteiger partial charge in [0, 0.05) is 5.30 Å². The molecule has 0 aliphatic heterocycles. The van der Waals surface area contributed by atoms with Gasteiger partial charge in [0.2, 0.25) is 0 Å². The summed E-state index contributed by atoms with van der Waals surface area (Å²) in [6.45, 7) is -2.18. The molecular formula is C25H19Cl2PRu+2. The quantitative estimate of drug-likeness (QED) is 0.223. The molecular weight excluding hydrogens is 503 g/mol. The maximum Gasteiger partial charge on any atom is 2.00 e. The van der Waals surface area contributed by atoms with Gasteiger partial charge in [0.15, 0.2) is 0 Å². The molecule has 4 heteroatoms. The van der Waals surface area contributed by atoms with Crippen molar-refractivity contribution in [3.63, 3.8) is 0 Å². The van der Waals surface area contributed by atoms with E-state index in [0.717, 1.165) is 5.30 Å². The summed E-state index contributed by atoms with van der Waals surface area (Å²) in [5, 5.41) is 4.76. The van der Waals surface area contributed by atoms with Crippen LogP contribution in [0.1, 0.15) is 5.56 Å². The van der Waals surface area contributed by atoms with E-state index in [1.165, 1.54) is 16.2 Å². The van der Waals surface area contributed by atoms with Crippen LogP contribution in [-0.2, 0) is 19.5 Å². The van der Waals surface area contributed by atoms with Crippen molar-refractivity contribution < 1.29 is 19.5 Å². The van der Waals surface area contributed by atoms with Crippen molar-refractivity contribution >= 4 is 51.8 Å². The second-order valence-corrected chi connectivity index (χ2v) is 10.5. The molecule has 0 saturated carbocycles. The molecule has 0 fully saturated rings. The van der Waals surface area contributed by atoms with Crippen LogP contribution in [0.15, 0.2) is 109 Å². The minimum Gasteiger partial charge on any atom is -0.0827 e. The Balaban J connectivity index is 0.00000240. The van der Waals surface area contributed by atoms with Gasteiger partial charge in [0.05, 0.1) is 10.0 Å². The van der Waals surface area contributed by atoms with Crippen molar-refractivity contribution in [2.45, 2.75) is 0 Å². The molecule has 4 rings (SSSR count). The predicted molar refractivity (Wildman–Crippen MR) is 127 cm³/mol. The summed E-state index contributed by atoms with van der Waals surface area (Å²) in [7, 11) is 0. The summed E-state index contributed by atoms with van der Waals surface area (Å²) >= 11 is 13.3. The molecule has 0 radical (unpaired) electrons. The molecule has 4 aromatic carbocycles. The van der Waals surface area contributed by atoms with Gasteiger partial charge < -0.3 is 0 Å². The van der Waals surface area contributed by atoms with Crippen molar-refractivity contribution in [3.05, 3.63) is 125 Å². The van der Waals surface area contributed by atoms with Gasteiger partial charge in [0.1, 0.15) is 0 Å². The van der Waals surface area contributed by atoms with Crippen LogP contribution in [0.5, 0.6) is 0 Å². The van der Waals surface area contributed by atoms with Crippen molar-refractivity contribution in [1.82, 2.24) is 0 Å². The van der Waals surface area contributed by atoms with E-state index in [0.29, 0.717) is 10.0 Å². The standard InChI is InChI=1S/C25H19Cl2P.Ru/c26-23-17-10-18-24(25(23)27)28(21-13-6-2-7-14-21,22-15-8-3-9-16-22)19-20-11-4-1-5-12-20;/h1-19H;/q;+2. The molecule has 0 nitrogen and oxygen atoms in total. The molecule has 0 aliphatic rings. The first-order chi connectivity index (χ1) is 13.7. The Bertz CT molecular complexity index is 1080. The second kappa shape index (κ2) is 9.93. The van der Waals surface area contributed by atoms with Crippen LogP contribution in [0, 0.1) is 0 Å². The molecule has 144 valence electrons. The number of benzene rings is 4. The zero-order valence-electron chi connectivity index (χ0n) is 15.5. The molecule has 0 heterocycles. The average molecular weight is 522 g/mol. The molecule has 0 atom stereocenters. The Morgan fingerprint density at radius 1 is 0.552 bits per heavy atom. The predicted octanol–water partition coefficient (Wildman–Crippen LogP) is 6.14. The third-order valence-electron chi connectivity index (χ3n) is 4.78. The third-order valence-corrected chi connectivity index (χ3v) is 9.77. The summed E-state index contributed by atoms with van der Waals surface area (Å²) < 4.78 is 0. The van der Waals surface area contributed by atoms with Gasteiger partial charge in [-0.2, -0.15) is 0 Å². The van der Waals surface area contributed by atoms with Crippen LogP contribution in [0.2, 0.25) is 10.0 Å². The largest absolute Gasteiger partial charge is 2.00 e. The molecule has 0 aromatic heterocycles. The van der Waals surface area contributed by atoms with Gasteiger partial charge in [-0.1, -0.05) is 126 Å². The fraction of sp³-hybridized carbons (Fsp3) is 0. The Morgan fingerprint density at radius 2 is 1.03 bits per heavy atom. The van der Waals surface area contributed by atoms with Gasteiger partial charge >= 0.3 is 19.5 Å². The maximum atomic E-state index is 6.82. The van der Waals surface area contributed by atoms with E-state index >= 15 is 0 Å². The van der Waals surface area contributed by atoms with Gasteiger partial charge in [0.25, 0.3) is 0 Å². The van der Waals surface area contributed by atoms with Gasteiger partial charge in [-0.15, -0.1) is 0 Å². The molecule has 0 aliphatic carbocycles. The summed E-state index contributed by atoms with van der Waals surface area (Å²) in [6, 6.07) is 37.6. The third kappa shape index (κ3) is 4.45. The molecule has 0 bridgehead atoms. The summed E-state index contributed by atoms with van der Waals surface area (Å²) in [4.78, 5) is 0. The monoisotopic (exact) mass is 522 g/mol. The second-order valence-electron chi connectivity index (χ2n) is 6.51. The maximum absolute atomic E-state index is 6.82. The van der Waals surface area contributed by atoms with Gasteiger partial charge in [-0.25, -0.2) is 0 Å². The zero-order chi connectivity index (χ0) is 19.4. The van der Waals surface area contributed by atoms with Crippen LogP contribution in [0.3, 0.4) is 0 Å². The zero-order valence-corrected chi connectivity index (χ0v) is 19.7. The number of hydrogen-bond donors (Lipinski definition) is 0. The van der Waals surface area contributed by atoms with E-state index in [9.17, 15) is 0 Å². The normalized spacial score (nSPS) is 10.8. The van der Waals surface area contributed by atoms with E-state index in [-0.39, 0.29) is 19.5 Å². The Kier molecular flexibility index (Phi) is 7.56. The van der Waals surface area contributed by atoms with Crippen LogP contribution in [-0.4, -0.2) is 5.80 Å². The van der Waals surface area contributed by atoms with Crippen LogP contribution < -0.4 is 15.9 Å². The van der Waals surface area contributed by atoms with Crippen LogP contribution in [0.4, 0.5) is 0 Å². The molecule has 0 N–H and O–H groups in total. The van der Waals surface area contributed by atoms with Crippen LogP contribution in [0.25, 0.3) is 0 Å². The Morgan fingerprint density at radius 3 is 1.55 bits per heavy atom. The van der Waals surface area contributed by atoms with Crippen molar-refractivity contribution in [2.75, 3.05) is 0 Å². The van der Waals surface area contributed by atoms with E-state index in [4.69, 9.17) is 23.2 Å². The Labute approximate surface area is 195 Å². The smallest absolute Gasteiger partial charge is 0.0827 e. The summed E-state index contributed by atoms with van der Waals surface area (Å²) in [5.74, 6) is 2.38. The topological polar surface area (TPSA) is 0 Å². The first kappa shape index (κ1) is 22.1. The first-order valence-corrected chi connectivity index (χ1v) is 11.7. The van der Waals surface area contributed by atoms with Gasteiger partial charge in [-0.05, 0) is 34.9 Å². The number of hydrogen-bond acceptors (Lipinski definition) is 0. The number of halogens is 2. The first-order valence-electron chi connectivity index (χ1n) is 9.07. The molecule has 29 heavy (non-hydrogen) atoms. The molecule has 0 saturated heterocycles. The summed E-state index contributed by atoms with van der Waals surface area (Å²) in [6.07, 6.45) is 0. The van der Waals surface area contributed by atoms with E-state index in [2.05, 4.69) is 84.7 Å².